The SMILES string of the molecule is CC(C)(C)[C@H]1CCCN(Cc2ccccc2)C1. The highest BCUT2D eigenvalue weighted by Gasteiger charge is 2.29. The summed E-state index contributed by atoms with van der Waals surface area (Å²) < 4.78 is 0. The van der Waals surface area contributed by atoms with Gasteiger partial charge < -0.3 is 0 Å². The van der Waals surface area contributed by atoms with Crippen molar-refractivity contribution in [2.75, 3.05) is 13.1 Å². The summed E-state index contributed by atoms with van der Waals surface area (Å²) in [6, 6.07) is 10.8. The van der Waals surface area contributed by atoms with Crippen LogP contribution in [0.1, 0.15) is 39.2 Å². The normalized spacial score (nSPS) is 22.6. The summed E-state index contributed by atoms with van der Waals surface area (Å²) in [5.41, 5.74) is 1.90. The number of hydrogen-bond donors (Lipinski definition) is 0. The van der Waals surface area contributed by atoms with Gasteiger partial charge in [-0.25, -0.2) is 0 Å². The molecule has 1 nitrogen and oxygen atoms in total. The molecule has 0 spiro atoms. The molecule has 1 aliphatic rings. The molecule has 0 unspecified atom stereocenters. The second-order valence-corrected chi connectivity index (χ2v) is 6.43. The summed E-state index contributed by atoms with van der Waals surface area (Å²) in [7, 11) is 0. The summed E-state index contributed by atoms with van der Waals surface area (Å²) in [6.45, 7) is 10.8. The smallest absolute Gasteiger partial charge is 0.0233 e. The van der Waals surface area contributed by atoms with E-state index in [2.05, 4.69) is 56.0 Å². The van der Waals surface area contributed by atoms with Gasteiger partial charge in [0, 0.05) is 13.1 Å². The van der Waals surface area contributed by atoms with Crippen LogP contribution >= 0.6 is 0 Å². The van der Waals surface area contributed by atoms with Crippen LogP contribution in [0.15, 0.2) is 30.3 Å². The van der Waals surface area contributed by atoms with Crippen molar-refractivity contribution in [3.63, 3.8) is 0 Å². The second-order valence-electron chi connectivity index (χ2n) is 6.43. The summed E-state index contributed by atoms with van der Waals surface area (Å²) in [5, 5.41) is 0. The Hall–Kier alpha value is -0.820. The van der Waals surface area contributed by atoms with Crippen LogP contribution in [0.3, 0.4) is 0 Å². The van der Waals surface area contributed by atoms with Crippen molar-refractivity contribution in [2.45, 2.75) is 40.2 Å². The van der Waals surface area contributed by atoms with Gasteiger partial charge in [0.15, 0.2) is 0 Å². The average Bonchev–Trinajstić information content (AvgIpc) is 2.29. The zero-order chi connectivity index (χ0) is 12.3. The zero-order valence-electron chi connectivity index (χ0n) is 11.4. The molecule has 2 rings (SSSR count). The van der Waals surface area contributed by atoms with E-state index in [9.17, 15) is 0 Å². The Balaban J connectivity index is 1.94. The van der Waals surface area contributed by atoms with Crippen molar-refractivity contribution in [3.05, 3.63) is 35.9 Å². The van der Waals surface area contributed by atoms with E-state index in [-0.39, 0.29) is 0 Å². The fourth-order valence-corrected chi connectivity index (χ4v) is 2.75. The quantitative estimate of drug-likeness (QED) is 0.745. The summed E-state index contributed by atoms with van der Waals surface area (Å²) in [4.78, 5) is 2.62. The molecule has 0 amide bonds. The van der Waals surface area contributed by atoms with Crippen LogP contribution in [-0.4, -0.2) is 18.0 Å². The molecule has 0 bridgehead atoms. The van der Waals surface area contributed by atoms with E-state index < -0.39 is 0 Å². The Morgan fingerprint density at radius 3 is 2.53 bits per heavy atom. The van der Waals surface area contributed by atoms with E-state index in [1.807, 2.05) is 0 Å². The predicted octanol–water partition coefficient (Wildman–Crippen LogP) is 3.94. The maximum absolute atomic E-state index is 2.62. The minimum absolute atomic E-state index is 0.454. The molecule has 0 aromatic heterocycles. The fraction of sp³-hybridized carbons (Fsp3) is 0.625. The van der Waals surface area contributed by atoms with Gasteiger partial charge in [-0.3, -0.25) is 4.90 Å². The van der Waals surface area contributed by atoms with Gasteiger partial charge in [0.05, 0.1) is 0 Å². The number of nitrogens with zero attached hydrogens (tertiary/aromatic N) is 1. The topological polar surface area (TPSA) is 3.24 Å². The lowest BCUT2D eigenvalue weighted by Gasteiger charge is -2.39. The van der Waals surface area contributed by atoms with E-state index in [0.29, 0.717) is 5.41 Å². The lowest BCUT2D eigenvalue weighted by Crippen LogP contribution is -2.40. The fourth-order valence-electron chi connectivity index (χ4n) is 2.75. The molecule has 1 aromatic rings. The third-order valence-electron chi connectivity index (χ3n) is 3.98. The van der Waals surface area contributed by atoms with Crippen molar-refractivity contribution < 1.29 is 0 Å². The Morgan fingerprint density at radius 1 is 1.18 bits per heavy atom. The summed E-state index contributed by atoms with van der Waals surface area (Å²) >= 11 is 0. The van der Waals surface area contributed by atoms with Gasteiger partial charge in [-0.2, -0.15) is 0 Å². The summed E-state index contributed by atoms with van der Waals surface area (Å²) in [5.74, 6) is 0.847. The molecule has 0 saturated carbocycles. The molecule has 0 aliphatic carbocycles. The zero-order valence-corrected chi connectivity index (χ0v) is 11.4. The molecule has 0 radical (unpaired) electrons. The van der Waals surface area contributed by atoms with Crippen LogP contribution in [0.25, 0.3) is 0 Å². The Kier molecular flexibility index (Phi) is 3.88. The van der Waals surface area contributed by atoms with Gasteiger partial charge in [-0.1, -0.05) is 51.1 Å². The van der Waals surface area contributed by atoms with E-state index >= 15 is 0 Å². The third kappa shape index (κ3) is 3.57. The van der Waals surface area contributed by atoms with E-state index in [1.165, 1.54) is 31.5 Å². The Bertz CT molecular complexity index is 336. The first-order valence-corrected chi connectivity index (χ1v) is 6.82. The first kappa shape index (κ1) is 12.6. The van der Waals surface area contributed by atoms with Crippen LogP contribution in [0.4, 0.5) is 0 Å². The van der Waals surface area contributed by atoms with Gasteiger partial charge in [0.25, 0.3) is 0 Å². The van der Waals surface area contributed by atoms with Crippen LogP contribution in [0, 0.1) is 11.3 Å². The van der Waals surface area contributed by atoms with Crippen LogP contribution in [-0.2, 0) is 6.54 Å². The van der Waals surface area contributed by atoms with Crippen molar-refractivity contribution in [1.29, 1.82) is 0 Å². The number of hydrogen-bond acceptors (Lipinski definition) is 1. The molecule has 1 saturated heterocycles. The van der Waals surface area contributed by atoms with Gasteiger partial charge in [-0.05, 0) is 36.3 Å². The standard InChI is InChI=1S/C16H25N/c1-16(2,3)15-10-7-11-17(13-15)12-14-8-5-4-6-9-14/h4-6,8-9,15H,7,10-13H2,1-3H3/t15-/m0/s1. The molecule has 17 heavy (non-hydrogen) atoms. The van der Waals surface area contributed by atoms with Crippen molar-refractivity contribution in [1.82, 2.24) is 4.90 Å². The minimum atomic E-state index is 0.454. The molecule has 1 fully saturated rings. The molecule has 1 aliphatic heterocycles. The Morgan fingerprint density at radius 2 is 1.88 bits per heavy atom. The number of benzene rings is 1. The van der Waals surface area contributed by atoms with Gasteiger partial charge in [0.1, 0.15) is 0 Å². The maximum Gasteiger partial charge on any atom is 0.0233 e. The van der Waals surface area contributed by atoms with Crippen LogP contribution < -0.4 is 0 Å². The van der Waals surface area contributed by atoms with E-state index in [1.54, 1.807) is 0 Å². The van der Waals surface area contributed by atoms with Crippen molar-refractivity contribution in [3.8, 4) is 0 Å². The first-order valence-electron chi connectivity index (χ1n) is 6.82. The highest BCUT2D eigenvalue weighted by molar-refractivity contribution is 5.14. The molecular weight excluding hydrogens is 206 g/mol. The lowest BCUT2D eigenvalue weighted by atomic mass is 9.76. The first-order chi connectivity index (χ1) is 8.05. The van der Waals surface area contributed by atoms with E-state index in [4.69, 9.17) is 0 Å². The molecule has 0 N–H and O–H groups in total. The van der Waals surface area contributed by atoms with Crippen LogP contribution in [0.5, 0.6) is 0 Å². The van der Waals surface area contributed by atoms with Crippen LogP contribution in [0.2, 0.25) is 0 Å². The minimum Gasteiger partial charge on any atom is -0.299 e. The summed E-state index contributed by atoms with van der Waals surface area (Å²) in [6.07, 6.45) is 2.75. The number of rotatable bonds is 2. The molecule has 1 heteroatoms. The van der Waals surface area contributed by atoms with E-state index in [0.717, 1.165) is 12.5 Å². The number of likely N-dealkylation sites (tertiary alicyclic amines) is 1. The molecule has 1 heterocycles. The monoisotopic (exact) mass is 231 g/mol. The Labute approximate surface area is 106 Å². The van der Waals surface area contributed by atoms with Crippen molar-refractivity contribution >= 4 is 0 Å². The van der Waals surface area contributed by atoms with Gasteiger partial charge >= 0.3 is 0 Å². The highest BCUT2D eigenvalue weighted by atomic mass is 15.1. The van der Waals surface area contributed by atoms with Crippen molar-refractivity contribution in [2.24, 2.45) is 11.3 Å². The third-order valence-corrected chi connectivity index (χ3v) is 3.98. The molecule has 1 atom stereocenters. The van der Waals surface area contributed by atoms with Gasteiger partial charge in [-0.15, -0.1) is 0 Å². The second kappa shape index (κ2) is 5.22. The largest absolute Gasteiger partial charge is 0.299 e. The maximum atomic E-state index is 2.62. The molecular formula is C16H25N. The molecule has 94 valence electrons. The highest BCUT2D eigenvalue weighted by Crippen LogP contribution is 2.33. The lowest BCUT2D eigenvalue weighted by molar-refractivity contribution is 0.0943. The average molecular weight is 231 g/mol. The van der Waals surface area contributed by atoms with Gasteiger partial charge in [0.2, 0.25) is 0 Å². The molecule has 1 aromatic carbocycles. The predicted molar refractivity (Wildman–Crippen MR) is 73.9 cm³/mol. The number of piperidine rings is 1.